The number of likely N-dealkylation sites (tertiary alicyclic amines) is 1. The van der Waals surface area contributed by atoms with Crippen LogP contribution in [0.15, 0.2) is 28.9 Å². The molecular weight excluding hydrogens is 310 g/mol. The highest BCUT2D eigenvalue weighted by atomic mass is 16.5. The summed E-state index contributed by atoms with van der Waals surface area (Å²) in [5, 5.41) is 0. The summed E-state index contributed by atoms with van der Waals surface area (Å²) in [6.07, 6.45) is 4.04. The first kappa shape index (κ1) is 16.4. The summed E-state index contributed by atoms with van der Waals surface area (Å²) in [7, 11) is 1.65. The number of nitrogens with zero attached hydrogens (tertiary/aromatic N) is 3. The van der Waals surface area contributed by atoms with E-state index in [0.29, 0.717) is 36.9 Å². The van der Waals surface area contributed by atoms with Gasteiger partial charge in [0, 0.05) is 26.8 Å². The van der Waals surface area contributed by atoms with Gasteiger partial charge in [-0.2, -0.15) is 0 Å². The number of carbonyl (C=O) groups excluding carboxylic acids is 1. The normalized spacial score (nSPS) is 20.4. The van der Waals surface area contributed by atoms with Gasteiger partial charge in [-0.25, -0.2) is 4.98 Å². The molecule has 2 aromatic rings. The highest BCUT2D eigenvalue weighted by molar-refractivity contribution is 5.93. The van der Waals surface area contributed by atoms with Crippen molar-refractivity contribution in [2.24, 2.45) is 0 Å². The quantitative estimate of drug-likeness (QED) is 0.834. The van der Waals surface area contributed by atoms with Gasteiger partial charge < -0.3 is 18.8 Å². The van der Waals surface area contributed by atoms with Crippen LogP contribution in [0.5, 0.6) is 5.75 Å². The molecule has 3 rings (SSSR count). The van der Waals surface area contributed by atoms with Gasteiger partial charge in [0.2, 0.25) is 5.76 Å². The number of methoxy groups -OCH3 is 1. The molecule has 7 nitrogen and oxygen atoms in total. The summed E-state index contributed by atoms with van der Waals surface area (Å²) < 4.78 is 16.7. The maximum absolute atomic E-state index is 12.8. The van der Waals surface area contributed by atoms with Gasteiger partial charge in [0.25, 0.3) is 5.91 Å². The van der Waals surface area contributed by atoms with Crippen LogP contribution >= 0.6 is 0 Å². The number of rotatable bonds is 5. The lowest BCUT2D eigenvalue weighted by Gasteiger charge is -2.23. The molecule has 0 aromatic carbocycles. The lowest BCUT2D eigenvalue weighted by molar-refractivity contribution is 0.0625. The molecule has 7 heteroatoms. The molecule has 0 saturated carbocycles. The number of amides is 1. The number of pyridine rings is 1. The first-order valence-electron chi connectivity index (χ1n) is 7.89. The van der Waals surface area contributed by atoms with Crippen LogP contribution in [-0.4, -0.2) is 53.2 Å². The van der Waals surface area contributed by atoms with Gasteiger partial charge >= 0.3 is 0 Å². The Morgan fingerprint density at radius 1 is 1.46 bits per heavy atom. The number of oxazole rings is 1. The van der Waals surface area contributed by atoms with E-state index in [4.69, 9.17) is 13.9 Å². The third-order valence-electron chi connectivity index (χ3n) is 4.14. The molecule has 0 unspecified atom stereocenters. The van der Waals surface area contributed by atoms with Crippen LogP contribution in [0.4, 0.5) is 0 Å². The van der Waals surface area contributed by atoms with E-state index in [1.165, 1.54) is 0 Å². The summed E-state index contributed by atoms with van der Waals surface area (Å²) in [6, 6.07) is 3.56. The minimum atomic E-state index is -0.174. The summed E-state index contributed by atoms with van der Waals surface area (Å²) in [5.74, 6) is 1.28. The maximum Gasteiger partial charge on any atom is 0.292 e. The van der Waals surface area contributed by atoms with E-state index in [0.717, 1.165) is 0 Å². The van der Waals surface area contributed by atoms with Crippen molar-refractivity contribution in [3.05, 3.63) is 41.9 Å². The maximum atomic E-state index is 12.8. The summed E-state index contributed by atoms with van der Waals surface area (Å²) in [4.78, 5) is 22.8. The zero-order chi connectivity index (χ0) is 17.1. The standard InChI is InChI=1S/C17H21N3O4/c1-11-16(24-12(2)19-11)17(21)20-9-15(22-3)7-13(20)10-23-14-5-4-6-18-8-14/h4-6,8,13,15H,7,9-10H2,1-3H3/t13-,15+/m0/s1. The topological polar surface area (TPSA) is 77.7 Å². The summed E-state index contributed by atoms with van der Waals surface area (Å²) in [5.41, 5.74) is 0.602. The second kappa shape index (κ2) is 7.00. The van der Waals surface area contributed by atoms with Gasteiger partial charge in [0.15, 0.2) is 5.89 Å². The molecule has 1 amide bonds. The second-order valence-electron chi connectivity index (χ2n) is 5.85. The Kier molecular flexibility index (Phi) is 4.80. The average molecular weight is 331 g/mol. The van der Waals surface area contributed by atoms with Gasteiger partial charge in [-0.1, -0.05) is 0 Å². The van der Waals surface area contributed by atoms with Gasteiger partial charge in [0.1, 0.15) is 12.4 Å². The predicted octanol–water partition coefficient (Wildman–Crippen LogP) is 1.99. The minimum absolute atomic E-state index is 0.0132. The molecule has 0 aliphatic carbocycles. The molecule has 0 spiro atoms. The zero-order valence-electron chi connectivity index (χ0n) is 14.1. The third-order valence-corrected chi connectivity index (χ3v) is 4.14. The number of carbonyl (C=O) groups is 1. The minimum Gasteiger partial charge on any atom is -0.490 e. The number of ether oxygens (including phenoxy) is 2. The predicted molar refractivity (Wildman–Crippen MR) is 85.9 cm³/mol. The molecule has 128 valence electrons. The van der Waals surface area contributed by atoms with E-state index < -0.39 is 0 Å². The molecule has 1 fully saturated rings. The summed E-state index contributed by atoms with van der Waals surface area (Å²) >= 11 is 0. The fraction of sp³-hybridized carbons (Fsp3) is 0.471. The number of aromatic nitrogens is 2. The van der Waals surface area contributed by atoms with Crippen molar-refractivity contribution >= 4 is 5.91 Å². The van der Waals surface area contributed by atoms with Crippen LogP contribution in [-0.2, 0) is 4.74 Å². The van der Waals surface area contributed by atoms with E-state index in [1.807, 2.05) is 12.1 Å². The monoisotopic (exact) mass is 331 g/mol. The zero-order valence-corrected chi connectivity index (χ0v) is 14.1. The first-order valence-corrected chi connectivity index (χ1v) is 7.89. The molecule has 1 saturated heterocycles. The van der Waals surface area contributed by atoms with Gasteiger partial charge in [-0.05, 0) is 25.5 Å². The fourth-order valence-electron chi connectivity index (χ4n) is 2.94. The third kappa shape index (κ3) is 3.41. The molecular formula is C17H21N3O4. The van der Waals surface area contributed by atoms with Gasteiger partial charge in [-0.15, -0.1) is 0 Å². The number of hydrogen-bond donors (Lipinski definition) is 0. The summed E-state index contributed by atoms with van der Waals surface area (Å²) in [6.45, 7) is 4.39. The van der Waals surface area contributed by atoms with Crippen molar-refractivity contribution in [2.75, 3.05) is 20.3 Å². The Morgan fingerprint density at radius 3 is 2.92 bits per heavy atom. The lowest BCUT2D eigenvalue weighted by Crippen LogP contribution is -2.39. The van der Waals surface area contributed by atoms with Crippen molar-refractivity contribution in [2.45, 2.75) is 32.4 Å². The van der Waals surface area contributed by atoms with Gasteiger partial charge in [0.05, 0.1) is 24.0 Å². The molecule has 3 heterocycles. The molecule has 0 bridgehead atoms. The molecule has 24 heavy (non-hydrogen) atoms. The molecule has 2 aromatic heterocycles. The molecule has 0 N–H and O–H groups in total. The van der Waals surface area contributed by atoms with Crippen LogP contribution in [0.2, 0.25) is 0 Å². The van der Waals surface area contributed by atoms with Crippen molar-refractivity contribution in [1.29, 1.82) is 0 Å². The highest BCUT2D eigenvalue weighted by Crippen LogP contribution is 2.24. The lowest BCUT2D eigenvalue weighted by atomic mass is 10.2. The van der Waals surface area contributed by atoms with E-state index in [1.54, 1.807) is 38.3 Å². The van der Waals surface area contributed by atoms with E-state index >= 15 is 0 Å². The number of hydrogen-bond acceptors (Lipinski definition) is 6. The van der Waals surface area contributed by atoms with E-state index in [9.17, 15) is 4.79 Å². The second-order valence-corrected chi connectivity index (χ2v) is 5.85. The number of aryl methyl sites for hydroxylation is 2. The van der Waals surface area contributed by atoms with Crippen molar-refractivity contribution in [3.63, 3.8) is 0 Å². The Morgan fingerprint density at radius 2 is 2.29 bits per heavy atom. The van der Waals surface area contributed by atoms with Gasteiger partial charge in [-0.3, -0.25) is 9.78 Å². The van der Waals surface area contributed by atoms with Crippen molar-refractivity contribution in [3.8, 4) is 5.75 Å². The SMILES string of the molecule is CO[C@@H]1C[C@@H](COc2cccnc2)N(C(=O)c2oc(C)nc2C)C1. The Bertz CT molecular complexity index is 701. The highest BCUT2D eigenvalue weighted by Gasteiger charge is 2.38. The average Bonchev–Trinajstić information content (AvgIpc) is 3.16. The van der Waals surface area contributed by atoms with Crippen LogP contribution in [0.3, 0.4) is 0 Å². The Labute approximate surface area is 140 Å². The van der Waals surface area contributed by atoms with Crippen molar-refractivity contribution in [1.82, 2.24) is 14.9 Å². The van der Waals surface area contributed by atoms with Crippen LogP contribution in [0, 0.1) is 13.8 Å². The Balaban J connectivity index is 1.73. The largest absolute Gasteiger partial charge is 0.490 e. The molecule has 1 aliphatic heterocycles. The smallest absolute Gasteiger partial charge is 0.292 e. The van der Waals surface area contributed by atoms with Crippen LogP contribution in [0.25, 0.3) is 0 Å². The molecule has 2 atom stereocenters. The molecule has 0 radical (unpaired) electrons. The van der Waals surface area contributed by atoms with Crippen LogP contribution < -0.4 is 4.74 Å². The Hall–Kier alpha value is -2.41. The van der Waals surface area contributed by atoms with Crippen molar-refractivity contribution < 1.29 is 18.7 Å². The molecule has 1 aliphatic rings. The van der Waals surface area contributed by atoms with E-state index in [2.05, 4.69) is 9.97 Å². The fourth-order valence-corrected chi connectivity index (χ4v) is 2.94. The first-order chi connectivity index (χ1) is 11.6. The van der Waals surface area contributed by atoms with Crippen LogP contribution in [0.1, 0.15) is 28.6 Å². The van der Waals surface area contributed by atoms with E-state index in [-0.39, 0.29) is 23.8 Å².